The standard InChI is InChI=1S/C17H20BrClN2O3S2/c1-11(2)16(17(22)20-10-9-13-5-8-15(18)25-13)21-26(23,24)14-6-3-12(19)4-7-14/h3-8,11,16,21H,9-10H2,1-2H3,(H,20,22)/t16-/m0/s1. The van der Waals surface area contributed by atoms with E-state index in [1.165, 1.54) is 24.3 Å². The lowest BCUT2D eigenvalue weighted by atomic mass is 10.1. The molecule has 9 heteroatoms. The average Bonchev–Trinajstić information content (AvgIpc) is 2.98. The number of benzene rings is 1. The first-order valence-corrected chi connectivity index (χ1v) is 11.5. The highest BCUT2D eigenvalue weighted by molar-refractivity contribution is 9.11. The first kappa shape index (κ1) is 21.4. The summed E-state index contributed by atoms with van der Waals surface area (Å²) in [5, 5.41) is 3.26. The molecule has 0 aliphatic heterocycles. The Morgan fingerprint density at radius 3 is 2.38 bits per heavy atom. The minimum atomic E-state index is -3.81. The summed E-state index contributed by atoms with van der Waals surface area (Å²) in [6, 6.07) is 8.91. The summed E-state index contributed by atoms with van der Waals surface area (Å²) >= 11 is 10.8. The van der Waals surface area contributed by atoms with Crippen molar-refractivity contribution in [1.29, 1.82) is 0 Å². The Hall–Kier alpha value is -0.930. The lowest BCUT2D eigenvalue weighted by Gasteiger charge is -2.21. The maximum atomic E-state index is 12.5. The summed E-state index contributed by atoms with van der Waals surface area (Å²) in [6.45, 7) is 4.04. The van der Waals surface area contributed by atoms with Crippen LogP contribution >= 0.6 is 38.9 Å². The zero-order chi connectivity index (χ0) is 19.3. The molecular formula is C17H20BrClN2O3S2. The lowest BCUT2D eigenvalue weighted by Crippen LogP contribution is -2.49. The van der Waals surface area contributed by atoms with Crippen LogP contribution in [0, 0.1) is 5.92 Å². The Kier molecular flexibility index (Phi) is 7.66. The van der Waals surface area contributed by atoms with Gasteiger partial charge in [-0.1, -0.05) is 25.4 Å². The van der Waals surface area contributed by atoms with E-state index in [1.807, 2.05) is 12.1 Å². The molecule has 0 fully saturated rings. The van der Waals surface area contributed by atoms with Crippen molar-refractivity contribution in [3.8, 4) is 0 Å². The monoisotopic (exact) mass is 478 g/mol. The van der Waals surface area contributed by atoms with Crippen LogP contribution in [0.1, 0.15) is 18.7 Å². The topological polar surface area (TPSA) is 75.3 Å². The molecular weight excluding hydrogens is 460 g/mol. The van der Waals surface area contributed by atoms with Gasteiger partial charge in [0.25, 0.3) is 0 Å². The minimum absolute atomic E-state index is 0.0729. The van der Waals surface area contributed by atoms with Crippen molar-refractivity contribution in [3.63, 3.8) is 0 Å². The van der Waals surface area contributed by atoms with E-state index in [-0.39, 0.29) is 16.7 Å². The van der Waals surface area contributed by atoms with Gasteiger partial charge in [-0.3, -0.25) is 4.79 Å². The third kappa shape index (κ3) is 6.06. The van der Waals surface area contributed by atoms with E-state index < -0.39 is 16.1 Å². The largest absolute Gasteiger partial charge is 0.354 e. The molecule has 0 bridgehead atoms. The summed E-state index contributed by atoms with van der Waals surface area (Å²) in [6.07, 6.45) is 0.691. The number of rotatable bonds is 8. The van der Waals surface area contributed by atoms with Crippen molar-refractivity contribution in [3.05, 3.63) is 50.1 Å². The second kappa shape index (κ2) is 9.32. The van der Waals surface area contributed by atoms with Gasteiger partial charge in [0.2, 0.25) is 15.9 Å². The Labute approximate surface area is 171 Å². The van der Waals surface area contributed by atoms with Gasteiger partial charge in [-0.25, -0.2) is 8.42 Å². The van der Waals surface area contributed by atoms with Gasteiger partial charge >= 0.3 is 0 Å². The van der Waals surface area contributed by atoms with Crippen molar-refractivity contribution >= 4 is 54.8 Å². The number of halogens is 2. The number of sulfonamides is 1. The first-order chi connectivity index (χ1) is 12.2. The van der Waals surface area contributed by atoms with Crippen LogP contribution < -0.4 is 10.0 Å². The smallest absolute Gasteiger partial charge is 0.241 e. The molecule has 1 atom stereocenters. The molecule has 1 aromatic heterocycles. The van der Waals surface area contributed by atoms with Crippen LogP contribution in [0.2, 0.25) is 5.02 Å². The van der Waals surface area contributed by atoms with Crippen LogP contribution in [-0.2, 0) is 21.2 Å². The van der Waals surface area contributed by atoms with Gasteiger partial charge in [0.05, 0.1) is 8.68 Å². The quantitative estimate of drug-likeness (QED) is 0.604. The number of hydrogen-bond acceptors (Lipinski definition) is 4. The first-order valence-electron chi connectivity index (χ1n) is 7.99. The van der Waals surface area contributed by atoms with Crippen LogP contribution in [0.15, 0.2) is 45.1 Å². The number of thiophene rings is 1. The maximum Gasteiger partial charge on any atom is 0.241 e. The van der Waals surface area contributed by atoms with Crippen molar-refractivity contribution in [2.45, 2.75) is 31.2 Å². The number of carbonyl (C=O) groups is 1. The summed E-state index contributed by atoms with van der Waals surface area (Å²) in [5.41, 5.74) is 0. The van der Waals surface area contributed by atoms with E-state index in [1.54, 1.807) is 25.2 Å². The van der Waals surface area contributed by atoms with E-state index in [9.17, 15) is 13.2 Å². The Balaban J connectivity index is 2.00. The predicted octanol–water partition coefficient (Wildman–Crippen LogP) is 3.83. The minimum Gasteiger partial charge on any atom is -0.354 e. The second-order valence-corrected chi connectivity index (χ2v) is 10.7. The predicted molar refractivity (Wildman–Crippen MR) is 109 cm³/mol. The fourth-order valence-corrected chi connectivity index (χ4v) is 5.20. The molecule has 26 heavy (non-hydrogen) atoms. The second-order valence-electron chi connectivity index (χ2n) is 6.04. The Morgan fingerprint density at radius 2 is 1.85 bits per heavy atom. The van der Waals surface area contributed by atoms with Crippen LogP contribution in [0.3, 0.4) is 0 Å². The number of hydrogen-bond donors (Lipinski definition) is 2. The maximum absolute atomic E-state index is 12.5. The SMILES string of the molecule is CC(C)[C@H](NS(=O)(=O)c1ccc(Cl)cc1)C(=O)NCCc1ccc(Br)s1. The van der Waals surface area contributed by atoms with Crippen molar-refractivity contribution in [2.24, 2.45) is 5.92 Å². The molecule has 0 aliphatic rings. The normalized spacial score (nSPS) is 13.0. The van der Waals surface area contributed by atoms with Crippen LogP contribution in [0.4, 0.5) is 0 Å². The zero-order valence-corrected chi connectivity index (χ0v) is 18.3. The third-order valence-electron chi connectivity index (χ3n) is 3.65. The van der Waals surface area contributed by atoms with E-state index in [4.69, 9.17) is 11.6 Å². The fraction of sp³-hybridized carbons (Fsp3) is 0.353. The van der Waals surface area contributed by atoms with Gasteiger partial charge in [-0.15, -0.1) is 11.3 Å². The van der Waals surface area contributed by atoms with Crippen molar-refractivity contribution in [2.75, 3.05) is 6.54 Å². The van der Waals surface area contributed by atoms with Crippen molar-refractivity contribution in [1.82, 2.24) is 10.0 Å². The fourth-order valence-electron chi connectivity index (χ4n) is 2.25. The summed E-state index contributed by atoms with van der Waals surface area (Å²) in [7, 11) is -3.81. The average molecular weight is 480 g/mol. The summed E-state index contributed by atoms with van der Waals surface area (Å²) < 4.78 is 28.6. The van der Waals surface area contributed by atoms with Crippen LogP contribution in [0.5, 0.6) is 0 Å². The highest BCUT2D eigenvalue weighted by atomic mass is 79.9. The number of carbonyl (C=O) groups excluding carboxylic acids is 1. The van der Waals surface area contributed by atoms with E-state index in [0.29, 0.717) is 18.0 Å². The van der Waals surface area contributed by atoms with Crippen molar-refractivity contribution < 1.29 is 13.2 Å². The molecule has 142 valence electrons. The highest BCUT2D eigenvalue weighted by Crippen LogP contribution is 2.22. The number of amides is 1. The highest BCUT2D eigenvalue weighted by Gasteiger charge is 2.28. The molecule has 1 heterocycles. The Bertz CT molecular complexity index is 851. The lowest BCUT2D eigenvalue weighted by molar-refractivity contribution is -0.123. The summed E-state index contributed by atoms with van der Waals surface area (Å²) in [4.78, 5) is 13.7. The van der Waals surface area contributed by atoms with Gasteiger partial charge in [0.15, 0.2) is 0 Å². The molecule has 1 aromatic carbocycles. The van der Waals surface area contributed by atoms with Crippen LogP contribution in [0.25, 0.3) is 0 Å². The molecule has 0 saturated carbocycles. The van der Waals surface area contributed by atoms with Crippen LogP contribution in [-0.4, -0.2) is 26.9 Å². The summed E-state index contributed by atoms with van der Waals surface area (Å²) in [5.74, 6) is -0.541. The van der Waals surface area contributed by atoms with Gasteiger partial charge in [-0.2, -0.15) is 4.72 Å². The van der Waals surface area contributed by atoms with Gasteiger partial charge in [-0.05, 0) is 64.7 Å². The van der Waals surface area contributed by atoms with Gasteiger partial charge in [0.1, 0.15) is 6.04 Å². The molecule has 0 saturated heterocycles. The molecule has 0 unspecified atom stereocenters. The molecule has 2 rings (SSSR count). The van der Waals surface area contributed by atoms with E-state index >= 15 is 0 Å². The van der Waals surface area contributed by atoms with E-state index in [0.717, 1.165) is 8.66 Å². The molecule has 5 nitrogen and oxygen atoms in total. The third-order valence-corrected chi connectivity index (χ3v) is 7.05. The van der Waals surface area contributed by atoms with Gasteiger partial charge in [0, 0.05) is 16.4 Å². The molecule has 0 aliphatic carbocycles. The number of nitrogens with one attached hydrogen (secondary N) is 2. The molecule has 1 amide bonds. The molecule has 0 radical (unpaired) electrons. The Morgan fingerprint density at radius 1 is 1.19 bits per heavy atom. The molecule has 2 aromatic rings. The zero-order valence-electron chi connectivity index (χ0n) is 14.3. The molecule has 0 spiro atoms. The molecule has 2 N–H and O–H groups in total. The van der Waals surface area contributed by atoms with Gasteiger partial charge < -0.3 is 5.32 Å². The van der Waals surface area contributed by atoms with E-state index in [2.05, 4.69) is 26.0 Å².